The van der Waals surface area contributed by atoms with E-state index < -0.39 is 11.7 Å². The van der Waals surface area contributed by atoms with E-state index in [1.54, 1.807) is 20.2 Å². The lowest BCUT2D eigenvalue weighted by Gasteiger charge is -2.13. The smallest absolute Gasteiger partial charge is 0.380 e. The molecule has 27 heavy (non-hydrogen) atoms. The fourth-order valence-corrected chi connectivity index (χ4v) is 2.45. The Kier molecular flexibility index (Phi) is 9.57. The summed E-state index contributed by atoms with van der Waals surface area (Å²) in [6.07, 6.45) is -4.34. The quantitative estimate of drug-likeness (QED) is 0.358. The van der Waals surface area contributed by atoms with Crippen molar-refractivity contribution in [3.63, 3.8) is 0 Å². The van der Waals surface area contributed by atoms with Gasteiger partial charge in [-0.25, -0.2) is 0 Å². The molecule has 0 saturated heterocycles. The molecule has 0 spiro atoms. The predicted octanol–water partition coefficient (Wildman–Crippen LogP) is 4.34. The molecule has 0 fully saturated rings. The lowest BCUT2D eigenvalue weighted by molar-refractivity contribution is -0.137. The van der Waals surface area contributed by atoms with Crippen LogP contribution in [0, 0.1) is 0 Å². The van der Waals surface area contributed by atoms with Crippen molar-refractivity contribution < 1.29 is 17.9 Å². The van der Waals surface area contributed by atoms with Crippen LogP contribution in [0.25, 0.3) is 0 Å². The van der Waals surface area contributed by atoms with E-state index in [9.17, 15) is 13.2 Å². The largest absolute Gasteiger partial charge is 0.416 e. The summed E-state index contributed by atoms with van der Waals surface area (Å²) < 4.78 is 43.4. The molecule has 0 amide bonds. The number of hydrogen-bond acceptors (Lipinski definition) is 2. The minimum absolute atomic E-state index is 0. The highest BCUT2D eigenvalue weighted by Gasteiger charge is 2.30. The third-order valence-electron chi connectivity index (χ3n) is 3.70. The van der Waals surface area contributed by atoms with Gasteiger partial charge in [-0.15, -0.1) is 24.0 Å². The van der Waals surface area contributed by atoms with Crippen molar-refractivity contribution in [2.45, 2.75) is 25.9 Å². The molecule has 2 rings (SSSR count). The highest BCUT2D eigenvalue weighted by atomic mass is 127. The fourth-order valence-electron chi connectivity index (χ4n) is 2.45. The van der Waals surface area contributed by atoms with E-state index in [0.29, 0.717) is 24.7 Å². The van der Waals surface area contributed by atoms with Gasteiger partial charge in [-0.1, -0.05) is 36.4 Å². The van der Waals surface area contributed by atoms with Crippen molar-refractivity contribution in [1.29, 1.82) is 0 Å². The van der Waals surface area contributed by atoms with Crippen LogP contribution in [0.2, 0.25) is 0 Å². The van der Waals surface area contributed by atoms with Crippen molar-refractivity contribution in [3.05, 3.63) is 70.8 Å². The Bertz CT molecular complexity index is 751. The Labute approximate surface area is 174 Å². The number of ether oxygens (including phenoxy) is 1. The average molecular weight is 493 g/mol. The molecule has 0 aliphatic rings. The van der Waals surface area contributed by atoms with Gasteiger partial charge in [-0.3, -0.25) is 4.99 Å². The fraction of sp³-hybridized carbons (Fsp3) is 0.316. The Balaban J connectivity index is 0.00000364. The van der Waals surface area contributed by atoms with Crippen LogP contribution in [-0.2, 0) is 30.6 Å². The first-order valence-corrected chi connectivity index (χ1v) is 8.10. The molecule has 2 aromatic carbocycles. The van der Waals surface area contributed by atoms with Gasteiger partial charge in [0.1, 0.15) is 0 Å². The minimum Gasteiger partial charge on any atom is -0.380 e. The Morgan fingerprint density at radius 1 is 0.963 bits per heavy atom. The molecule has 0 aliphatic carbocycles. The third kappa shape index (κ3) is 7.76. The summed E-state index contributed by atoms with van der Waals surface area (Å²) in [5.41, 5.74) is 2.00. The molecule has 0 aromatic heterocycles. The molecule has 0 atom stereocenters. The number of nitrogens with zero attached hydrogens (tertiary/aromatic N) is 1. The van der Waals surface area contributed by atoms with Crippen LogP contribution < -0.4 is 10.6 Å². The van der Waals surface area contributed by atoms with Gasteiger partial charge >= 0.3 is 6.18 Å². The van der Waals surface area contributed by atoms with Crippen LogP contribution in [0.15, 0.2) is 53.5 Å². The molecular formula is C19H23F3IN3O. The van der Waals surface area contributed by atoms with Gasteiger partial charge in [0.05, 0.1) is 12.2 Å². The summed E-state index contributed by atoms with van der Waals surface area (Å²) in [6, 6.07) is 13.2. The number of halogens is 4. The second-order valence-corrected chi connectivity index (χ2v) is 5.73. The van der Waals surface area contributed by atoms with Gasteiger partial charge in [0.2, 0.25) is 0 Å². The monoisotopic (exact) mass is 493 g/mol. The van der Waals surface area contributed by atoms with E-state index in [1.165, 1.54) is 6.07 Å². The number of alkyl halides is 3. The lowest BCUT2D eigenvalue weighted by Crippen LogP contribution is -2.36. The van der Waals surface area contributed by atoms with Crippen molar-refractivity contribution >= 4 is 29.9 Å². The summed E-state index contributed by atoms with van der Waals surface area (Å²) in [7, 11) is 3.26. The molecule has 148 valence electrons. The number of nitrogens with one attached hydrogen (secondary N) is 2. The summed E-state index contributed by atoms with van der Waals surface area (Å²) in [5, 5.41) is 6.17. The molecule has 2 N–H and O–H groups in total. The predicted molar refractivity (Wildman–Crippen MR) is 111 cm³/mol. The number of methoxy groups -OCH3 is 1. The van der Waals surface area contributed by atoms with Crippen molar-refractivity contribution in [2.24, 2.45) is 4.99 Å². The van der Waals surface area contributed by atoms with E-state index in [-0.39, 0.29) is 30.5 Å². The maximum atomic E-state index is 12.8. The second kappa shape index (κ2) is 11.1. The van der Waals surface area contributed by atoms with Crippen LogP contribution in [-0.4, -0.2) is 20.1 Å². The van der Waals surface area contributed by atoms with Gasteiger partial charge < -0.3 is 15.4 Å². The first-order chi connectivity index (χ1) is 12.4. The Hall–Kier alpha value is -1.81. The van der Waals surface area contributed by atoms with Crippen molar-refractivity contribution in [2.75, 3.05) is 14.2 Å². The summed E-state index contributed by atoms with van der Waals surface area (Å²) in [6.45, 7) is 1.32. The molecule has 0 aliphatic heterocycles. The van der Waals surface area contributed by atoms with Gasteiger partial charge in [-0.2, -0.15) is 13.2 Å². The van der Waals surface area contributed by atoms with Crippen LogP contribution >= 0.6 is 24.0 Å². The SMILES string of the molecule is CN=C(NCc1cccc(COC)c1)NCc1cccc(C(F)(F)F)c1.I. The van der Waals surface area contributed by atoms with Crippen LogP contribution in [0.5, 0.6) is 0 Å². The van der Waals surface area contributed by atoms with Crippen molar-refractivity contribution in [3.8, 4) is 0 Å². The normalized spacial score (nSPS) is 11.7. The maximum Gasteiger partial charge on any atom is 0.416 e. The van der Waals surface area contributed by atoms with E-state index in [4.69, 9.17) is 4.74 Å². The summed E-state index contributed by atoms with van der Waals surface area (Å²) in [4.78, 5) is 4.10. The van der Waals surface area contributed by atoms with Crippen molar-refractivity contribution in [1.82, 2.24) is 10.6 Å². The topological polar surface area (TPSA) is 45.7 Å². The average Bonchev–Trinajstić information content (AvgIpc) is 2.62. The standard InChI is InChI=1S/C19H22F3N3O.HI/c1-23-18(24-11-14-5-3-7-16(9-14)13-26-2)25-12-15-6-4-8-17(10-15)19(20,21)22;/h3-10H,11-13H2,1-2H3,(H2,23,24,25);1H. The van der Waals surface area contributed by atoms with E-state index in [0.717, 1.165) is 23.3 Å². The molecule has 0 unspecified atom stereocenters. The van der Waals surface area contributed by atoms with Crippen LogP contribution in [0.3, 0.4) is 0 Å². The maximum absolute atomic E-state index is 12.8. The van der Waals surface area contributed by atoms with E-state index in [2.05, 4.69) is 15.6 Å². The van der Waals surface area contributed by atoms with Gasteiger partial charge in [0, 0.05) is 27.2 Å². The van der Waals surface area contributed by atoms with Gasteiger partial charge in [0.15, 0.2) is 5.96 Å². The summed E-state index contributed by atoms with van der Waals surface area (Å²) in [5.74, 6) is 0.513. The first kappa shape index (κ1) is 23.2. The van der Waals surface area contributed by atoms with E-state index in [1.807, 2.05) is 24.3 Å². The molecular weight excluding hydrogens is 470 g/mol. The highest BCUT2D eigenvalue weighted by Crippen LogP contribution is 2.29. The third-order valence-corrected chi connectivity index (χ3v) is 3.70. The van der Waals surface area contributed by atoms with E-state index >= 15 is 0 Å². The number of benzene rings is 2. The molecule has 0 radical (unpaired) electrons. The van der Waals surface area contributed by atoms with Crippen LogP contribution in [0.1, 0.15) is 22.3 Å². The lowest BCUT2D eigenvalue weighted by atomic mass is 10.1. The van der Waals surface area contributed by atoms with Gasteiger partial charge in [-0.05, 0) is 28.8 Å². The van der Waals surface area contributed by atoms with Gasteiger partial charge in [0.25, 0.3) is 0 Å². The zero-order valence-corrected chi connectivity index (χ0v) is 17.5. The minimum atomic E-state index is -4.34. The molecule has 0 saturated carbocycles. The van der Waals surface area contributed by atoms with Crippen LogP contribution in [0.4, 0.5) is 13.2 Å². The highest BCUT2D eigenvalue weighted by molar-refractivity contribution is 14.0. The zero-order chi connectivity index (χ0) is 19.0. The second-order valence-electron chi connectivity index (χ2n) is 5.73. The molecule has 4 nitrogen and oxygen atoms in total. The molecule has 8 heteroatoms. The number of hydrogen-bond donors (Lipinski definition) is 2. The molecule has 2 aromatic rings. The molecule has 0 bridgehead atoms. The number of aliphatic imine (C=N–C) groups is 1. The summed E-state index contributed by atoms with van der Waals surface area (Å²) >= 11 is 0. The Morgan fingerprint density at radius 3 is 2.07 bits per heavy atom. The molecule has 0 heterocycles. The zero-order valence-electron chi connectivity index (χ0n) is 15.1. The number of rotatable bonds is 6. The number of guanidine groups is 1. The Morgan fingerprint density at radius 2 is 1.52 bits per heavy atom. The first-order valence-electron chi connectivity index (χ1n) is 8.10.